The minimum absolute atomic E-state index is 0.0325. The van der Waals surface area contributed by atoms with E-state index in [0.717, 1.165) is 6.26 Å². The van der Waals surface area contributed by atoms with Crippen LogP contribution in [0.25, 0.3) is 11.3 Å². The lowest BCUT2D eigenvalue weighted by atomic mass is 10.1. The molecule has 0 unspecified atom stereocenters. The van der Waals surface area contributed by atoms with Gasteiger partial charge in [-0.15, -0.1) is 0 Å². The highest BCUT2D eigenvalue weighted by Gasteiger charge is 2.35. The van der Waals surface area contributed by atoms with Crippen molar-refractivity contribution in [1.82, 2.24) is 9.97 Å². The predicted molar refractivity (Wildman–Crippen MR) is 70.0 cm³/mol. The third kappa shape index (κ3) is 3.48. The summed E-state index contributed by atoms with van der Waals surface area (Å²) in [5.41, 5.74) is 5.62. The van der Waals surface area contributed by atoms with Gasteiger partial charge >= 0.3 is 6.18 Å². The van der Waals surface area contributed by atoms with Crippen molar-refractivity contribution >= 4 is 15.7 Å². The van der Waals surface area contributed by atoms with E-state index in [1.165, 1.54) is 30.3 Å². The van der Waals surface area contributed by atoms with Gasteiger partial charge < -0.3 is 5.73 Å². The van der Waals surface area contributed by atoms with E-state index < -0.39 is 21.8 Å². The Kier molecular flexibility index (Phi) is 3.62. The molecule has 2 N–H and O–H groups in total. The first-order chi connectivity index (χ1) is 9.57. The lowest BCUT2D eigenvalue weighted by Crippen LogP contribution is -2.13. The van der Waals surface area contributed by atoms with Crippen molar-refractivity contribution < 1.29 is 21.6 Å². The van der Waals surface area contributed by atoms with E-state index in [1.807, 2.05) is 0 Å². The quantitative estimate of drug-likeness (QED) is 0.917. The van der Waals surface area contributed by atoms with Gasteiger partial charge in [-0.2, -0.15) is 13.2 Å². The summed E-state index contributed by atoms with van der Waals surface area (Å²) in [4.78, 5) is 6.59. The zero-order chi connectivity index (χ0) is 15.8. The predicted octanol–water partition coefficient (Wildman–Crippen LogP) is 2.15. The molecule has 0 bridgehead atoms. The maximum atomic E-state index is 12.6. The summed E-state index contributed by atoms with van der Waals surface area (Å²) in [6.07, 6.45) is -3.68. The van der Waals surface area contributed by atoms with Gasteiger partial charge in [0.2, 0.25) is 5.82 Å². The van der Waals surface area contributed by atoms with Crippen LogP contribution in [0, 0.1) is 0 Å². The van der Waals surface area contributed by atoms with Gasteiger partial charge in [0.25, 0.3) is 0 Å². The maximum Gasteiger partial charge on any atom is 0.451 e. The largest absolute Gasteiger partial charge is 0.451 e. The van der Waals surface area contributed by atoms with E-state index in [2.05, 4.69) is 9.97 Å². The molecule has 0 aliphatic heterocycles. The SMILES string of the molecule is CS(=O)(=O)c1ccc(-c2cc(N)nc(C(F)(F)F)n2)cc1. The van der Waals surface area contributed by atoms with Crippen LogP contribution in [0.1, 0.15) is 5.82 Å². The van der Waals surface area contributed by atoms with Gasteiger partial charge in [0.1, 0.15) is 5.82 Å². The molecule has 0 radical (unpaired) electrons. The first-order valence-electron chi connectivity index (χ1n) is 5.59. The molecule has 0 aliphatic rings. The van der Waals surface area contributed by atoms with Crippen LogP contribution >= 0.6 is 0 Å². The van der Waals surface area contributed by atoms with Gasteiger partial charge in [0.05, 0.1) is 10.6 Å². The van der Waals surface area contributed by atoms with Gasteiger partial charge in [-0.1, -0.05) is 12.1 Å². The number of anilines is 1. The Balaban J connectivity index is 2.50. The Morgan fingerprint density at radius 2 is 1.67 bits per heavy atom. The number of rotatable bonds is 2. The number of aromatic nitrogens is 2. The van der Waals surface area contributed by atoms with Crippen LogP contribution in [-0.4, -0.2) is 24.6 Å². The Morgan fingerprint density at radius 3 is 2.14 bits per heavy atom. The van der Waals surface area contributed by atoms with Crippen molar-refractivity contribution in [2.24, 2.45) is 0 Å². The van der Waals surface area contributed by atoms with Crippen molar-refractivity contribution in [3.8, 4) is 11.3 Å². The fourth-order valence-electron chi connectivity index (χ4n) is 1.61. The standard InChI is InChI=1S/C12H10F3N3O2S/c1-21(19,20)8-4-2-7(3-5-8)9-6-10(16)18-11(17-9)12(13,14)15/h2-6H,1H3,(H2,16,17,18). The number of sulfone groups is 1. The topological polar surface area (TPSA) is 85.9 Å². The van der Waals surface area contributed by atoms with Crippen molar-refractivity contribution in [2.45, 2.75) is 11.1 Å². The number of benzene rings is 1. The first kappa shape index (κ1) is 15.2. The number of hydrogen-bond donors (Lipinski definition) is 1. The van der Waals surface area contributed by atoms with Crippen LogP contribution in [0.15, 0.2) is 35.2 Å². The molecular weight excluding hydrogens is 307 g/mol. The minimum Gasteiger partial charge on any atom is -0.384 e. The normalized spacial score (nSPS) is 12.4. The number of alkyl halides is 3. The zero-order valence-electron chi connectivity index (χ0n) is 10.7. The number of nitrogen functional groups attached to an aromatic ring is 1. The minimum atomic E-state index is -4.71. The summed E-state index contributed by atoms with van der Waals surface area (Å²) in [5, 5.41) is 0. The molecule has 1 heterocycles. The van der Waals surface area contributed by atoms with Crippen LogP contribution in [-0.2, 0) is 16.0 Å². The van der Waals surface area contributed by atoms with Crippen molar-refractivity contribution in [3.05, 3.63) is 36.2 Å². The molecule has 0 saturated heterocycles. The smallest absolute Gasteiger partial charge is 0.384 e. The second-order valence-electron chi connectivity index (χ2n) is 4.30. The van der Waals surface area contributed by atoms with Crippen LogP contribution in [0.5, 0.6) is 0 Å². The summed E-state index contributed by atoms with van der Waals surface area (Å²) >= 11 is 0. The molecule has 2 rings (SSSR count). The molecular formula is C12H10F3N3O2S. The molecule has 5 nitrogen and oxygen atoms in total. The second kappa shape index (κ2) is 4.99. The molecule has 112 valence electrons. The molecule has 0 amide bonds. The van der Waals surface area contributed by atoms with Crippen LogP contribution in [0.2, 0.25) is 0 Å². The van der Waals surface area contributed by atoms with Gasteiger partial charge in [0, 0.05) is 17.9 Å². The highest BCUT2D eigenvalue weighted by Crippen LogP contribution is 2.29. The molecule has 0 aliphatic carbocycles. The van der Waals surface area contributed by atoms with Gasteiger partial charge in [-0.3, -0.25) is 0 Å². The molecule has 21 heavy (non-hydrogen) atoms. The van der Waals surface area contributed by atoms with E-state index in [0.29, 0.717) is 5.56 Å². The molecule has 9 heteroatoms. The lowest BCUT2D eigenvalue weighted by molar-refractivity contribution is -0.144. The van der Waals surface area contributed by atoms with Gasteiger partial charge in [0.15, 0.2) is 9.84 Å². The third-order valence-electron chi connectivity index (χ3n) is 2.58. The lowest BCUT2D eigenvalue weighted by Gasteiger charge is -2.08. The molecule has 0 fully saturated rings. The summed E-state index contributed by atoms with van der Waals surface area (Å²) in [7, 11) is -3.38. The summed E-state index contributed by atoms with van der Waals surface area (Å²) in [6, 6.07) is 6.48. The van der Waals surface area contributed by atoms with E-state index in [4.69, 9.17) is 5.73 Å². The Bertz CT molecular complexity index is 771. The van der Waals surface area contributed by atoms with Crippen molar-refractivity contribution in [1.29, 1.82) is 0 Å². The molecule has 0 atom stereocenters. The summed E-state index contributed by atoms with van der Waals surface area (Å²) in [5.74, 6) is -1.66. The summed E-state index contributed by atoms with van der Waals surface area (Å²) in [6.45, 7) is 0. The molecule has 1 aromatic heterocycles. The highest BCUT2D eigenvalue weighted by atomic mass is 32.2. The average Bonchev–Trinajstić information content (AvgIpc) is 2.36. The molecule has 1 aromatic carbocycles. The highest BCUT2D eigenvalue weighted by molar-refractivity contribution is 7.90. The third-order valence-corrected chi connectivity index (χ3v) is 3.71. The van der Waals surface area contributed by atoms with E-state index in [-0.39, 0.29) is 16.4 Å². The van der Waals surface area contributed by atoms with E-state index >= 15 is 0 Å². The van der Waals surface area contributed by atoms with Crippen LogP contribution < -0.4 is 5.73 Å². The summed E-state index contributed by atoms with van der Waals surface area (Å²) < 4.78 is 60.5. The zero-order valence-corrected chi connectivity index (χ0v) is 11.5. The van der Waals surface area contributed by atoms with E-state index in [1.54, 1.807) is 0 Å². The number of halogens is 3. The van der Waals surface area contributed by atoms with Crippen LogP contribution in [0.4, 0.5) is 19.0 Å². The molecule has 2 aromatic rings. The number of hydrogen-bond acceptors (Lipinski definition) is 5. The first-order valence-corrected chi connectivity index (χ1v) is 7.49. The van der Waals surface area contributed by atoms with Gasteiger partial charge in [-0.05, 0) is 12.1 Å². The van der Waals surface area contributed by atoms with E-state index in [9.17, 15) is 21.6 Å². The molecule has 0 spiro atoms. The number of nitrogens with two attached hydrogens (primary N) is 1. The Labute approximate surface area is 118 Å². The van der Waals surface area contributed by atoms with Gasteiger partial charge in [-0.25, -0.2) is 18.4 Å². The fraction of sp³-hybridized carbons (Fsp3) is 0.167. The van der Waals surface area contributed by atoms with Crippen LogP contribution in [0.3, 0.4) is 0 Å². The monoisotopic (exact) mass is 317 g/mol. The Morgan fingerprint density at radius 1 is 1.10 bits per heavy atom. The second-order valence-corrected chi connectivity index (χ2v) is 6.31. The van der Waals surface area contributed by atoms with Crippen molar-refractivity contribution in [2.75, 3.05) is 12.0 Å². The molecule has 0 saturated carbocycles. The van der Waals surface area contributed by atoms with Crippen molar-refractivity contribution in [3.63, 3.8) is 0 Å². The number of nitrogens with zero attached hydrogens (tertiary/aromatic N) is 2. The average molecular weight is 317 g/mol. The Hall–Kier alpha value is -2.16. The maximum absolute atomic E-state index is 12.6. The fourth-order valence-corrected chi connectivity index (χ4v) is 2.24.